The van der Waals surface area contributed by atoms with Crippen molar-refractivity contribution in [1.82, 2.24) is 0 Å². The van der Waals surface area contributed by atoms with Gasteiger partial charge in [-0.2, -0.15) is 0 Å². The molecule has 3 aliphatic rings. The lowest BCUT2D eigenvalue weighted by atomic mass is 9.31. The number of benzene rings is 8. The number of rotatable bonds is 4. The minimum Gasteiger partial charge on any atom is -0.310 e. The molecule has 0 saturated carbocycles. The molecule has 2 nitrogen and oxygen atoms in total. The fraction of sp³-hybridized carbons (Fsp3) is 0.206. The molecule has 0 fully saturated rings. The fourth-order valence-electron chi connectivity index (χ4n) is 11.6. The van der Waals surface area contributed by atoms with Gasteiger partial charge in [-0.05, 0) is 132 Å². The maximum absolute atomic E-state index is 2.67. The zero-order valence-electron chi connectivity index (χ0n) is 40.2. The summed E-state index contributed by atoms with van der Waals surface area (Å²) in [5.41, 5.74) is 21.3. The van der Waals surface area contributed by atoms with Gasteiger partial charge in [-0.1, -0.05) is 189 Å². The quantitative estimate of drug-likeness (QED) is 0.163. The first-order valence-corrected chi connectivity index (χ1v) is 24.9. The highest BCUT2D eigenvalue weighted by atomic mass is 32.1. The lowest BCUT2D eigenvalue weighted by Crippen LogP contribution is -2.64. The second kappa shape index (κ2) is 14.7. The normalized spacial score (nSPS) is 14.4. The largest absolute Gasteiger partial charge is 0.310 e. The predicted octanol–water partition coefficient (Wildman–Crippen LogP) is 15.2. The first-order valence-electron chi connectivity index (χ1n) is 24.0. The van der Waals surface area contributed by atoms with Crippen molar-refractivity contribution in [2.24, 2.45) is 0 Å². The molecule has 1 aromatic heterocycles. The zero-order valence-corrected chi connectivity index (χ0v) is 41.0. The molecule has 9 aromatic rings. The summed E-state index contributed by atoms with van der Waals surface area (Å²) in [5.74, 6) is 0. The molecule has 328 valence electrons. The maximum Gasteiger partial charge on any atom is 0.260 e. The molecule has 0 bridgehead atoms. The lowest BCUT2D eigenvalue weighted by molar-refractivity contribution is 0.590. The zero-order chi connectivity index (χ0) is 46.2. The van der Waals surface area contributed by atoms with Gasteiger partial charge in [-0.15, -0.1) is 11.3 Å². The molecule has 1 spiro atoms. The van der Waals surface area contributed by atoms with Crippen LogP contribution in [0, 0.1) is 0 Å². The molecule has 0 radical (unpaired) electrons. The van der Waals surface area contributed by atoms with Crippen LogP contribution in [0.2, 0.25) is 0 Å². The van der Waals surface area contributed by atoms with Crippen LogP contribution in [-0.4, -0.2) is 6.71 Å². The Morgan fingerprint density at radius 3 is 1.57 bits per heavy atom. The van der Waals surface area contributed by atoms with Crippen molar-refractivity contribution < 1.29 is 0 Å². The first kappa shape index (κ1) is 41.8. The minimum absolute atomic E-state index is 0.000569. The summed E-state index contributed by atoms with van der Waals surface area (Å²) in [6, 6.07) is 69.9. The standard InChI is InChI=1S/C63H57BN2S/c1-60(2,3)40-28-32-45(33-29-40)66-55-39-46(65(43-20-12-10-13-21-43)44-22-14-11-15-23-44)38-53-57(55)64(59-58(66)49-36-41(61(4,5)6)31-35-56(49)67-59)54-37-42(62(7,8)9)30-34-52(54)63(53)50-26-18-16-24-47(50)48-25-17-19-27-51(48)63/h10-39H,1-9H3. The molecule has 12 rings (SSSR count). The molecule has 0 amide bonds. The van der Waals surface area contributed by atoms with Gasteiger partial charge in [-0.3, -0.25) is 0 Å². The van der Waals surface area contributed by atoms with E-state index in [9.17, 15) is 0 Å². The fourth-order valence-corrected chi connectivity index (χ4v) is 12.9. The average Bonchev–Trinajstić information content (AvgIpc) is 3.84. The van der Waals surface area contributed by atoms with Gasteiger partial charge in [-0.25, -0.2) is 0 Å². The Kier molecular flexibility index (Phi) is 9.16. The van der Waals surface area contributed by atoms with E-state index < -0.39 is 5.41 Å². The lowest BCUT2D eigenvalue weighted by Gasteiger charge is -2.47. The highest BCUT2D eigenvalue weighted by Gasteiger charge is 2.56. The topological polar surface area (TPSA) is 6.48 Å². The van der Waals surface area contributed by atoms with Crippen molar-refractivity contribution >= 4 is 78.0 Å². The van der Waals surface area contributed by atoms with E-state index in [0.717, 1.165) is 17.1 Å². The van der Waals surface area contributed by atoms with Crippen LogP contribution in [0.5, 0.6) is 0 Å². The van der Waals surface area contributed by atoms with Crippen LogP contribution in [0.15, 0.2) is 182 Å². The van der Waals surface area contributed by atoms with Crippen molar-refractivity contribution in [3.05, 3.63) is 221 Å². The SMILES string of the molecule is CC(C)(C)c1ccc(N2c3cc(N(c4ccccc4)c4ccccc4)cc4c3B(c3cc(C(C)(C)C)ccc3C43c4ccccc4-c4ccccc43)c3sc4ccc(C(C)(C)C)cc4c32)cc1. The molecule has 8 aromatic carbocycles. The van der Waals surface area contributed by atoms with E-state index in [1.54, 1.807) is 0 Å². The molecular formula is C63H57BN2S. The third kappa shape index (κ3) is 6.21. The van der Waals surface area contributed by atoms with Gasteiger partial charge in [0.15, 0.2) is 0 Å². The summed E-state index contributed by atoms with van der Waals surface area (Å²) in [5, 5.41) is 1.32. The monoisotopic (exact) mass is 884 g/mol. The number of para-hydroxylation sites is 2. The number of thiophene rings is 1. The molecule has 0 unspecified atom stereocenters. The minimum atomic E-state index is -0.593. The van der Waals surface area contributed by atoms with E-state index in [2.05, 4.69) is 254 Å². The maximum atomic E-state index is 2.67. The van der Waals surface area contributed by atoms with E-state index in [4.69, 9.17) is 0 Å². The Hall–Kier alpha value is -6.62. The van der Waals surface area contributed by atoms with Crippen molar-refractivity contribution in [2.75, 3.05) is 9.80 Å². The Morgan fingerprint density at radius 1 is 0.463 bits per heavy atom. The van der Waals surface area contributed by atoms with E-state index in [1.165, 1.54) is 92.9 Å². The van der Waals surface area contributed by atoms with E-state index in [0.29, 0.717) is 0 Å². The van der Waals surface area contributed by atoms with Crippen LogP contribution in [-0.2, 0) is 21.7 Å². The van der Waals surface area contributed by atoms with Crippen LogP contribution in [0.25, 0.3) is 21.2 Å². The van der Waals surface area contributed by atoms with Gasteiger partial charge in [0, 0.05) is 43.3 Å². The van der Waals surface area contributed by atoms with Gasteiger partial charge < -0.3 is 9.80 Å². The molecule has 67 heavy (non-hydrogen) atoms. The summed E-state index contributed by atoms with van der Waals surface area (Å²) in [6.45, 7) is 21.1. The Morgan fingerprint density at radius 2 is 0.985 bits per heavy atom. The Labute approximate surface area is 401 Å². The summed E-state index contributed by atoms with van der Waals surface area (Å²) >= 11 is 2.00. The predicted molar refractivity (Wildman–Crippen MR) is 289 cm³/mol. The molecule has 0 atom stereocenters. The van der Waals surface area contributed by atoms with Gasteiger partial charge in [0.05, 0.1) is 11.1 Å². The molecule has 0 N–H and O–H groups in total. The molecule has 4 heteroatoms. The van der Waals surface area contributed by atoms with Crippen molar-refractivity contribution in [1.29, 1.82) is 0 Å². The third-order valence-electron chi connectivity index (χ3n) is 15.0. The third-order valence-corrected chi connectivity index (χ3v) is 16.2. The van der Waals surface area contributed by atoms with Crippen LogP contribution < -0.4 is 25.5 Å². The van der Waals surface area contributed by atoms with Gasteiger partial charge in [0.1, 0.15) is 0 Å². The van der Waals surface area contributed by atoms with Crippen LogP contribution in [0.1, 0.15) is 101 Å². The molecular weight excluding hydrogens is 828 g/mol. The number of nitrogens with zero attached hydrogens (tertiary/aromatic N) is 2. The second-order valence-corrected chi connectivity index (χ2v) is 23.3. The Bertz CT molecular complexity index is 3330. The smallest absolute Gasteiger partial charge is 0.260 e. The van der Waals surface area contributed by atoms with Crippen molar-refractivity contribution in [3.63, 3.8) is 0 Å². The highest BCUT2D eigenvalue weighted by molar-refractivity contribution is 7.33. The average molecular weight is 885 g/mol. The van der Waals surface area contributed by atoms with E-state index in [1.807, 2.05) is 11.3 Å². The number of hydrogen-bond acceptors (Lipinski definition) is 3. The van der Waals surface area contributed by atoms with Gasteiger partial charge in [0.25, 0.3) is 6.71 Å². The van der Waals surface area contributed by atoms with Crippen LogP contribution in [0.4, 0.5) is 34.1 Å². The molecule has 1 aliphatic carbocycles. The second-order valence-electron chi connectivity index (χ2n) is 22.2. The summed E-state index contributed by atoms with van der Waals surface area (Å²) in [6.07, 6.45) is 0. The van der Waals surface area contributed by atoms with Crippen molar-refractivity contribution in [3.8, 4) is 11.1 Å². The van der Waals surface area contributed by atoms with Crippen LogP contribution >= 0.6 is 11.3 Å². The van der Waals surface area contributed by atoms with E-state index in [-0.39, 0.29) is 23.0 Å². The van der Waals surface area contributed by atoms with Gasteiger partial charge in [0.2, 0.25) is 0 Å². The van der Waals surface area contributed by atoms with Crippen molar-refractivity contribution in [2.45, 2.75) is 84.0 Å². The van der Waals surface area contributed by atoms with Gasteiger partial charge >= 0.3 is 0 Å². The highest BCUT2D eigenvalue weighted by Crippen LogP contribution is 2.59. The number of fused-ring (bicyclic) bond motifs is 13. The number of anilines is 6. The Balaban J connectivity index is 1.29. The first-order chi connectivity index (χ1) is 32.1. The van der Waals surface area contributed by atoms with Crippen LogP contribution in [0.3, 0.4) is 0 Å². The summed E-state index contributed by atoms with van der Waals surface area (Å²) in [4.78, 5) is 5.14. The molecule has 3 heterocycles. The summed E-state index contributed by atoms with van der Waals surface area (Å²) in [7, 11) is 0. The molecule has 2 aliphatic heterocycles. The van der Waals surface area contributed by atoms with E-state index >= 15 is 0 Å². The number of hydrogen-bond donors (Lipinski definition) is 0. The summed E-state index contributed by atoms with van der Waals surface area (Å²) < 4.78 is 2.73. The molecule has 0 saturated heterocycles.